The van der Waals surface area contributed by atoms with Gasteiger partial charge >= 0.3 is 0 Å². The molecule has 0 aliphatic rings. The van der Waals surface area contributed by atoms with Gasteiger partial charge in [0.1, 0.15) is 0 Å². The molecule has 0 aromatic carbocycles. The van der Waals surface area contributed by atoms with Crippen molar-refractivity contribution in [1.82, 2.24) is 0 Å². The van der Waals surface area contributed by atoms with Crippen molar-refractivity contribution in [3.8, 4) is 0 Å². The molecular weight excluding hydrogens is 256 g/mol. The van der Waals surface area contributed by atoms with Crippen LogP contribution in [0, 0.1) is 0 Å². The zero-order valence-corrected chi connectivity index (χ0v) is 14.4. The van der Waals surface area contributed by atoms with Crippen LogP contribution in [0.5, 0.6) is 0 Å². The Morgan fingerprint density at radius 3 is 1.38 bits per heavy atom. The molecule has 0 rings (SSSR count). The number of rotatable bonds is 16. The normalized spacial score (nSPS) is 11.9. The van der Waals surface area contributed by atoms with Crippen LogP contribution in [0.15, 0.2) is 24.3 Å². The summed E-state index contributed by atoms with van der Waals surface area (Å²) < 4.78 is 0. The molecule has 0 saturated carbocycles. The molecule has 0 heterocycles. The smallest absolute Gasteiger partial charge is 0.0431 e. The van der Waals surface area contributed by atoms with E-state index in [1.165, 1.54) is 70.6 Å². The Morgan fingerprint density at radius 1 is 0.524 bits per heavy atom. The summed E-state index contributed by atoms with van der Waals surface area (Å²) in [6.45, 7) is 2.61. The van der Waals surface area contributed by atoms with E-state index in [1.54, 1.807) is 0 Å². The number of allylic oxidation sites excluding steroid dienone is 4. The molecule has 0 fully saturated rings. The Morgan fingerprint density at radius 2 is 0.905 bits per heavy atom. The molecule has 0 aliphatic heterocycles. The maximum Gasteiger partial charge on any atom is 0.0431 e. The molecule has 0 spiro atoms. The molecule has 0 radical (unpaired) electrons. The molecule has 0 aromatic rings. The van der Waals surface area contributed by atoms with E-state index < -0.39 is 0 Å². The molecule has 0 aromatic heterocycles. The van der Waals surface area contributed by atoms with Gasteiger partial charge in [0.05, 0.1) is 0 Å². The fraction of sp³-hybridized carbons (Fsp3) is 0.800. The second kappa shape index (κ2) is 19.4. The van der Waals surface area contributed by atoms with E-state index in [0.29, 0.717) is 6.61 Å². The van der Waals surface area contributed by atoms with Crippen molar-refractivity contribution < 1.29 is 5.11 Å². The molecule has 21 heavy (non-hydrogen) atoms. The summed E-state index contributed by atoms with van der Waals surface area (Å²) in [5.41, 5.74) is 0. The summed E-state index contributed by atoms with van der Waals surface area (Å²) in [6.07, 6.45) is 27.2. The fourth-order valence-electron chi connectivity index (χ4n) is 2.41. The Labute approximate surface area is 133 Å². The lowest BCUT2D eigenvalue weighted by Crippen LogP contribution is -1.80. The van der Waals surface area contributed by atoms with Gasteiger partial charge in [0.25, 0.3) is 0 Å². The van der Waals surface area contributed by atoms with Gasteiger partial charge in [-0.1, -0.05) is 63.3 Å². The first-order chi connectivity index (χ1) is 10.4. The quantitative estimate of drug-likeness (QED) is 0.252. The van der Waals surface area contributed by atoms with Gasteiger partial charge in [0.2, 0.25) is 0 Å². The molecule has 0 amide bonds. The highest BCUT2D eigenvalue weighted by atomic mass is 16.2. The van der Waals surface area contributed by atoms with Crippen LogP contribution in [0.4, 0.5) is 0 Å². The minimum absolute atomic E-state index is 0.332. The maximum absolute atomic E-state index is 8.66. The second-order valence-corrected chi connectivity index (χ2v) is 6.00. The summed E-state index contributed by atoms with van der Waals surface area (Å²) in [5, 5.41) is 8.66. The third-order valence-corrected chi connectivity index (χ3v) is 3.83. The molecule has 0 unspecified atom stereocenters. The Bertz CT molecular complexity index is 230. The minimum Gasteiger partial charge on any atom is -0.396 e. The van der Waals surface area contributed by atoms with E-state index in [-0.39, 0.29) is 0 Å². The predicted octanol–water partition coefficient (Wildman–Crippen LogP) is 6.57. The van der Waals surface area contributed by atoms with Crippen molar-refractivity contribution in [2.24, 2.45) is 0 Å². The van der Waals surface area contributed by atoms with E-state index in [1.807, 2.05) is 0 Å². The lowest BCUT2D eigenvalue weighted by atomic mass is 10.1. The van der Waals surface area contributed by atoms with Crippen molar-refractivity contribution in [2.45, 2.75) is 96.8 Å². The standard InChI is InChI=1S/C20H38O/c1-2-3-4-5-6-7-8-9-10-11-12-13-14-15-16-17-18-19-20-21/h9-10,15-16,21H,2-8,11-14,17-20H2,1H3/b10-9-,16-15-. The topological polar surface area (TPSA) is 20.2 Å². The largest absolute Gasteiger partial charge is 0.396 e. The third-order valence-electron chi connectivity index (χ3n) is 3.83. The zero-order chi connectivity index (χ0) is 15.4. The second-order valence-electron chi connectivity index (χ2n) is 6.00. The molecule has 0 saturated heterocycles. The first kappa shape index (κ1) is 20.4. The zero-order valence-electron chi connectivity index (χ0n) is 14.4. The highest BCUT2D eigenvalue weighted by Crippen LogP contribution is 2.08. The van der Waals surface area contributed by atoms with Crippen LogP contribution >= 0.6 is 0 Å². The van der Waals surface area contributed by atoms with Gasteiger partial charge in [-0.3, -0.25) is 0 Å². The first-order valence-electron chi connectivity index (χ1n) is 9.32. The third kappa shape index (κ3) is 19.4. The van der Waals surface area contributed by atoms with Crippen molar-refractivity contribution in [1.29, 1.82) is 0 Å². The Kier molecular flexibility index (Phi) is 18.9. The minimum atomic E-state index is 0.332. The molecule has 1 nitrogen and oxygen atoms in total. The van der Waals surface area contributed by atoms with Crippen molar-refractivity contribution >= 4 is 0 Å². The van der Waals surface area contributed by atoms with E-state index in [4.69, 9.17) is 5.11 Å². The number of aliphatic hydroxyl groups excluding tert-OH is 1. The fourth-order valence-corrected chi connectivity index (χ4v) is 2.41. The SMILES string of the molecule is CCCCCCCC/C=C\CCCC/C=C\CCCCO. The average molecular weight is 295 g/mol. The molecule has 0 aliphatic carbocycles. The molecular formula is C20H38O. The van der Waals surface area contributed by atoms with Crippen LogP contribution in [-0.2, 0) is 0 Å². The highest BCUT2D eigenvalue weighted by molar-refractivity contribution is 4.83. The van der Waals surface area contributed by atoms with Gasteiger partial charge in [0, 0.05) is 6.61 Å². The van der Waals surface area contributed by atoms with Crippen molar-refractivity contribution in [3.05, 3.63) is 24.3 Å². The summed E-state index contributed by atoms with van der Waals surface area (Å²) >= 11 is 0. The lowest BCUT2D eigenvalue weighted by molar-refractivity contribution is 0.285. The van der Waals surface area contributed by atoms with Crippen LogP contribution < -0.4 is 0 Å². The Hall–Kier alpha value is -0.560. The van der Waals surface area contributed by atoms with E-state index in [9.17, 15) is 0 Å². The van der Waals surface area contributed by atoms with Gasteiger partial charge in [-0.25, -0.2) is 0 Å². The van der Waals surface area contributed by atoms with Crippen LogP contribution in [0.1, 0.15) is 96.8 Å². The number of hydrogen-bond donors (Lipinski definition) is 1. The summed E-state index contributed by atoms with van der Waals surface area (Å²) in [5.74, 6) is 0. The van der Waals surface area contributed by atoms with Crippen LogP contribution in [0.3, 0.4) is 0 Å². The summed E-state index contributed by atoms with van der Waals surface area (Å²) in [7, 11) is 0. The summed E-state index contributed by atoms with van der Waals surface area (Å²) in [6, 6.07) is 0. The lowest BCUT2D eigenvalue weighted by Gasteiger charge is -1.98. The molecule has 1 N–H and O–H groups in total. The molecule has 0 atom stereocenters. The monoisotopic (exact) mass is 294 g/mol. The maximum atomic E-state index is 8.66. The predicted molar refractivity (Wildman–Crippen MR) is 95.7 cm³/mol. The van der Waals surface area contributed by atoms with Crippen molar-refractivity contribution in [3.63, 3.8) is 0 Å². The van der Waals surface area contributed by atoms with E-state index >= 15 is 0 Å². The Balaban J connectivity index is 3.11. The highest BCUT2D eigenvalue weighted by Gasteiger charge is 1.88. The van der Waals surface area contributed by atoms with E-state index in [2.05, 4.69) is 31.2 Å². The van der Waals surface area contributed by atoms with Gasteiger partial charge in [-0.05, 0) is 57.8 Å². The van der Waals surface area contributed by atoms with Crippen molar-refractivity contribution in [2.75, 3.05) is 6.61 Å². The van der Waals surface area contributed by atoms with Crippen LogP contribution in [0.2, 0.25) is 0 Å². The van der Waals surface area contributed by atoms with Gasteiger partial charge in [-0.15, -0.1) is 0 Å². The van der Waals surface area contributed by atoms with Gasteiger partial charge in [0.15, 0.2) is 0 Å². The molecule has 124 valence electrons. The summed E-state index contributed by atoms with van der Waals surface area (Å²) in [4.78, 5) is 0. The number of hydrogen-bond acceptors (Lipinski definition) is 1. The van der Waals surface area contributed by atoms with Crippen LogP contribution in [-0.4, -0.2) is 11.7 Å². The van der Waals surface area contributed by atoms with Gasteiger partial charge in [-0.2, -0.15) is 0 Å². The number of unbranched alkanes of at least 4 members (excludes halogenated alkanes) is 11. The number of aliphatic hydroxyl groups is 1. The van der Waals surface area contributed by atoms with E-state index in [0.717, 1.165) is 19.3 Å². The molecule has 0 bridgehead atoms. The van der Waals surface area contributed by atoms with Gasteiger partial charge < -0.3 is 5.11 Å². The first-order valence-corrected chi connectivity index (χ1v) is 9.32. The molecule has 1 heteroatoms. The van der Waals surface area contributed by atoms with Crippen LogP contribution in [0.25, 0.3) is 0 Å². The average Bonchev–Trinajstić information content (AvgIpc) is 2.50.